The summed E-state index contributed by atoms with van der Waals surface area (Å²) in [6.45, 7) is 3.87. The SMILES string of the molecule is CCCC1CCN(S(=O)(=O)c2cc(CN)n(C3CC3)c2)C1. The first-order valence-corrected chi connectivity index (χ1v) is 9.41. The van der Waals surface area contributed by atoms with Crippen molar-refractivity contribution in [3.8, 4) is 0 Å². The second kappa shape index (κ2) is 5.74. The zero-order chi connectivity index (χ0) is 15.0. The molecular weight excluding hydrogens is 286 g/mol. The predicted octanol–water partition coefficient (Wildman–Crippen LogP) is 2.09. The van der Waals surface area contributed by atoms with Crippen LogP contribution in [0.15, 0.2) is 17.2 Å². The van der Waals surface area contributed by atoms with Crippen LogP contribution < -0.4 is 5.73 Å². The van der Waals surface area contributed by atoms with Gasteiger partial charge >= 0.3 is 0 Å². The van der Waals surface area contributed by atoms with Crippen LogP contribution in [0.5, 0.6) is 0 Å². The minimum absolute atomic E-state index is 0.393. The highest BCUT2D eigenvalue weighted by Gasteiger charge is 2.34. The van der Waals surface area contributed by atoms with Crippen LogP contribution in [0.2, 0.25) is 0 Å². The molecular formula is C15H25N3O2S. The summed E-state index contributed by atoms with van der Waals surface area (Å²) in [5.74, 6) is 0.518. The molecule has 2 fully saturated rings. The van der Waals surface area contributed by atoms with E-state index < -0.39 is 10.0 Å². The Labute approximate surface area is 127 Å². The monoisotopic (exact) mass is 311 g/mol. The van der Waals surface area contributed by atoms with Gasteiger partial charge in [-0.3, -0.25) is 0 Å². The molecule has 0 spiro atoms. The smallest absolute Gasteiger partial charge is 0.244 e. The second-order valence-electron chi connectivity index (χ2n) is 6.32. The molecule has 3 rings (SSSR count). The van der Waals surface area contributed by atoms with Crippen LogP contribution >= 0.6 is 0 Å². The molecule has 1 saturated carbocycles. The van der Waals surface area contributed by atoms with Crippen LogP contribution in [0.3, 0.4) is 0 Å². The highest BCUT2D eigenvalue weighted by molar-refractivity contribution is 7.89. The third kappa shape index (κ3) is 2.89. The first-order chi connectivity index (χ1) is 10.1. The first-order valence-electron chi connectivity index (χ1n) is 7.97. The van der Waals surface area contributed by atoms with Gasteiger partial charge in [0.05, 0.1) is 0 Å². The lowest BCUT2D eigenvalue weighted by Crippen LogP contribution is -2.28. The lowest BCUT2D eigenvalue weighted by Gasteiger charge is -2.15. The van der Waals surface area contributed by atoms with Gasteiger partial charge in [-0.2, -0.15) is 4.31 Å². The van der Waals surface area contributed by atoms with E-state index in [4.69, 9.17) is 5.73 Å². The summed E-state index contributed by atoms with van der Waals surface area (Å²) in [6.07, 6.45) is 7.27. The highest BCUT2D eigenvalue weighted by Crippen LogP contribution is 2.38. The second-order valence-corrected chi connectivity index (χ2v) is 8.25. The summed E-state index contributed by atoms with van der Waals surface area (Å²) in [5, 5.41) is 0. The third-order valence-electron chi connectivity index (χ3n) is 4.64. The van der Waals surface area contributed by atoms with Gasteiger partial charge in [0.2, 0.25) is 10.0 Å². The van der Waals surface area contributed by atoms with Crippen molar-refractivity contribution in [2.24, 2.45) is 11.7 Å². The van der Waals surface area contributed by atoms with Crippen LogP contribution in [0, 0.1) is 5.92 Å². The third-order valence-corrected chi connectivity index (χ3v) is 6.47. The van der Waals surface area contributed by atoms with Gasteiger partial charge in [-0.25, -0.2) is 8.42 Å². The first kappa shape index (κ1) is 15.1. The van der Waals surface area contributed by atoms with Crippen molar-refractivity contribution in [2.75, 3.05) is 13.1 Å². The fourth-order valence-electron chi connectivity index (χ4n) is 3.30. The Morgan fingerprint density at radius 3 is 2.71 bits per heavy atom. The van der Waals surface area contributed by atoms with E-state index >= 15 is 0 Å². The molecule has 21 heavy (non-hydrogen) atoms. The number of hydrogen-bond donors (Lipinski definition) is 1. The average molecular weight is 311 g/mol. The predicted molar refractivity (Wildman–Crippen MR) is 82.4 cm³/mol. The number of sulfonamides is 1. The Morgan fingerprint density at radius 1 is 1.33 bits per heavy atom. The Morgan fingerprint density at radius 2 is 2.10 bits per heavy atom. The van der Waals surface area contributed by atoms with Gasteiger partial charge in [-0.1, -0.05) is 13.3 Å². The summed E-state index contributed by atoms with van der Waals surface area (Å²) >= 11 is 0. The standard InChI is InChI=1S/C15H25N3O2S/c1-2-3-12-6-7-17(10-12)21(19,20)15-8-14(9-16)18(11-15)13-4-5-13/h8,11-13H,2-7,9-10,16H2,1H3. The van der Waals surface area contributed by atoms with Gasteiger partial charge in [-0.05, 0) is 37.7 Å². The molecule has 1 unspecified atom stereocenters. The van der Waals surface area contributed by atoms with Crippen LogP contribution in [0.4, 0.5) is 0 Å². The van der Waals surface area contributed by atoms with Gasteiger partial charge in [0.15, 0.2) is 0 Å². The molecule has 5 nitrogen and oxygen atoms in total. The van der Waals surface area contributed by atoms with E-state index in [0.717, 1.165) is 37.8 Å². The van der Waals surface area contributed by atoms with Crippen molar-refractivity contribution in [1.29, 1.82) is 0 Å². The Bertz CT molecular complexity index is 604. The molecule has 2 aliphatic rings. The van der Waals surface area contributed by atoms with Gasteiger partial charge in [0.25, 0.3) is 0 Å². The minimum atomic E-state index is -3.35. The molecule has 0 aromatic carbocycles. The summed E-state index contributed by atoms with van der Waals surface area (Å²) in [5.41, 5.74) is 6.69. The highest BCUT2D eigenvalue weighted by atomic mass is 32.2. The molecule has 1 aliphatic heterocycles. The van der Waals surface area contributed by atoms with E-state index in [0.29, 0.717) is 36.5 Å². The fourth-order valence-corrected chi connectivity index (χ4v) is 4.89. The average Bonchev–Trinajstić information content (AvgIpc) is 3.02. The number of nitrogens with two attached hydrogens (primary N) is 1. The van der Waals surface area contributed by atoms with Gasteiger partial charge in [-0.15, -0.1) is 0 Å². The largest absolute Gasteiger partial charge is 0.346 e. The minimum Gasteiger partial charge on any atom is -0.346 e. The van der Waals surface area contributed by atoms with Crippen LogP contribution in [0.25, 0.3) is 0 Å². The lowest BCUT2D eigenvalue weighted by molar-refractivity contribution is 0.444. The molecule has 1 atom stereocenters. The zero-order valence-corrected chi connectivity index (χ0v) is 13.5. The lowest BCUT2D eigenvalue weighted by atomic mass is 10.0. The fraction of sp³-hybridized carbons (Fsp3) is 0.733. The molecule has 2 N–H and O–H groups in total. The van der Waals surface area contributed by atoms with Gasteiger partial charge in [0.1, 0.15) is 4.90 Å². The van der Waals surface area contributed by atoms with E-state index in [1.165, 1.54) is 0 Å². The van der Waals surface area contributed by atoms with Crippen LogP contribution in [-0.2, 0) is 16.6 Å². The molecule has 1 aromatic heterocycles. The van der Waals surface area contributed by atoms with E-state index in [2.05, 4.69) is 11.5 Å². The summed E-state index contributed by atoms with van der Waals surface area (Å²) in [7, 11) is -3.35. The normalized spacial score (nSPS) is 23.8. The molecule has 6 heteroatoms. The number of rotatable bonds is 6. The molecule has 0 radical (unpaired) electrons. The zero-order valence-electron chi connectivity index (χ0n) is 12.7. The summed E-state index contributed by atoms with van der Waals surface area (Å²) in [6, 6.07) is 2.22. The molecule has 2 heterocycles. The Balaban J connectivity index is 1.82. The molecule has 1 aliphatic carbocycles. The molecule has 1 saturated heterocycles. The quantitative estimate of drug-likeness (QED) is 0.874. The van der Waals surface area contributed by atoms with E-state index in [-0.39, 0.29) is 0 Å². The molecule has 0 bridgehead atoms. The summed E-state index contributed by atoms with van der Waals surface area (Å²) < 4.78 is 29.3. The number of aromatic nitrogens is 1. The van der Waals surface area contributed by atoms with Crippen molar-refractivity contribution in [2.45, 2.75) is 56.5 Å². The number of hydrogen-bond acceptors (Lipinski definition) is 3. The van der Waals surface area contributed by atoms with Crippen LogP contribution in [0.1, 0.15) is 50.8 Å². The Kier molecular flexibility index (Phi) is 4.12. The van der Waals surface area contributed by atoms with Crippen molar-refractivity contribution >= 4 is 10.0 Å². The molecule has 118 valence electrons. The maximum absolute atomic E-state index is 12.8. The van der Waals surface area contributed by atoms with Crippen molar-refractivity contribution in [3.63, 3.8) is 0 Å². The van der Waals surface area contributed by atoms with E-state index in [9.17, 15) is 8.42 Å². The number of nitrogens with zero attached hydrogens (tertiary/aromatic N) is 2. The van der Waals surface area contributed by atoms with E-state index in [1.807, 2.05) is 0 Å². The maximum atomic E-state index is 12.8. The molecule has 1 aromatic rings. The van der Waals surface area contributed by atoms with Crippen molar-refractivity contribution in [3.05, 3.63) is 18.0 Å². The van der Waals surface area contributed by atoms with Crippen LogP contribution in [-0.4, -0.2) is 30.4 Å². The van der Waals surface area contributed by atoms with Crippen molar-refractivity contribution < 1.29 is 8.42 Å². The molecule has 0 amide bonds. The van der Waals surface area contributed by atoms with Gasteiger partial charge < -0.3 is 10.3 Å². The van der Waals surface area contributed by atoms with E-state index in [1.54, 1.807) is 16.6 Å². The topological polar surface area (TPSA) is 68.3 Å². The van der Waals surface area contributed by atoms with Crippen molar-refractivity contribution in [1.82, 2.24) is 8.87 Å². The maximum Gasteiger partial charge on any atom is 0.244 e. The summed E-state index contributed by atoms with van der Waals surface area (Å²) in [4.78, 5) is 0.423. The van der Waals surface area contributed by atoms with Gasteiger partial charge in [0, 0.05) is 37.6 Å². The Hall–Kier alpha value is -0.850.